The Kier molecular flexibility index (Phi) is 5.47. The number of hydrogen-bond donors (Lipinski definition) is 1. The number of nitrogens with zero attached hydrogens (tertiary/aromatic N) is 3. The first kappa shape index (κ1) is 15.9. The molecule has 1 N–H and O–H groups in total. The van der Waals surface area contributed by atoms with Crippen LogP contribution >= 0.6 is 0 Å². The van der Waals surface area contributed by atoms with Crippen molar-refractivity contribution in [3.05, 3.63) is 11.6 Å². The molecule has 1 aliphatic carbocycles. The fraction of sp³-hybridized carbons (Fsp3) is 0.882. The van der Waals surface area contributed by atoms with E-state index >= 15 is 0 Å². The Morgan fingerprint density at radius 3 is 2.82 bits per heavy atom. The molecule has 5 heteroatoms. The Morgan fingerprint density at radius 2 is 2.05 bits per heavy atom. The van der Waals surface area contributed by atoms with Gasteiger partial charge in [-0.3, -0.25) is 0 Å². The molecule has 2 heterocycles. The van der Waals surface area contributed by atoms with E-state index in [2.05, 4.69) is 27.0 Å². The third-order valence-electron chi connectivity index (χ3n) is 5.43. The van der Waals surface area contributed by atoms with Crippen molar-refractivity contribution in [1.29, 1.82) is 0 Å². The summed E-state index contributed by atoms with van der Waals surface area (Å²) >= 11 is 0. The first-order valence-electron chi connectivity index (χ1n) is 8.95. The maximum absolute atomic E-state index is 5.13. The quantitative estimate of drug-likeness (QED) is 0.877. The van der Waals surface area contributed by atoms with Crippen molar-refractivity contribution in [3.63, 3.8) is 0 Å². The summed E-state index contributed by atoms with van der Waals surface area (Å²) in [6.07, 6.45) is 9.23. The van der Waals surface area contributed by atoms with Crippen LogP contribution in [0.1, 0.15) is 57.1 Å². The average Bonchev–Trinajstić information content (AvgIpc) is 2.95. The predicted octanol–water partition coefficient (Wildman–Crippen LogP) is 2.55. The number of nitrogens with one attached hydrogen (secondary N) is 1. The fourth-order valence-electron chi connectivity index (χ4n) is 4.13. The first-order valence-corrected chi connectivity index (χ1v) is 8.95. The molecule has 0 bridgehead atoms. The normalized spacial score (nSPS) is 28.5. The van der Waals surface area contributed by atoms with Gasteiger partial charge in [0.1, 0.15) is 12.4 Å². The van der Waals surface area contributed by atoms with Gasteiger partial charge in [-0.05, 0) is 31.2 Å². The largest absolute Gasteiger partial charge is 0.377 e. The lowest BCUT2D eigenvalue weighted by molar-refractivity contribution is 0.177. The van der Waals surface area contributed by atoms with Crippen LogP contribution in [0.2, 0.25) is 0 Å². The number of aromatic nitrogens is 3. The lowest BCUT2D eigenvalue weighted by Crippen LogP contribution is -2.41. The third-order valence-corrected chi connectivity index (χ3v) is 5.43. The molecule has 0 unspecified atom stereocenters. The van der Waals surface area contributed by atoms with E-state index in [1.165, 1.54) is 45.1 Å². The minimum atomic E-state index is 0.512. The van der Waals surface area contributed by atoms with Crippen molar-refractivity contribution >= 4 is 0 Å². The summed E-state index contributed by atoms with van der Waals surface area (Å²) < 4.78 is 7.21. The van der Waals surface area contributed by atoms with Gasteiger partial charge in [0, 0.05) is 19.6 Å². The first-order chi connectivity index (χ1) is 10.8. The third kappa shape index (κ3) is 3.69. The highest BCUT2D eigenvalue weighted by molar-refractivity contribution is 4.97. The Balaban J connectivity index is 1.51. The van der Waals surface area contributed by atoms with Crippen molar-refractivity contribution in [1.82, 2.24) is 20.1 Å². The van der Waals surface area contributed by atoms with Gasteiger partial charge >= 0.3 is 0 Å². The Bertz CT molecular complexity index is 473. The number of aryl methyl sites for hydroxylation is 1. The predicted molar refractivity (Wildman–Crippen MR) is 86.6 cm³/mol. The number of ether oxygens (including phenoxy) is 1. The molecule has 1 saturated carbocycles. The van der Waals surface area contributed by atoms with Gasteiger partial charge in [0.05, 0.1) is 6.54 Å². The highest BCUT2D eigenvalue weighted by Crippen LogP contribution is 2.31. The highest BCUT2D eigenvalue weighted by Gasteiger charge is 2.26. The molecule has 3 rings (SSSR count). The molecule has 0 radical (unpaired) electrons. The standard InChI is InChI=1S/C17H30N4O/c1-3-13-6-4-5-7-14(13)10-18-15-8-9-17-19-16(12-22-2)20-21(17)11-15/h13-15,18H,3-12H2,1-2H3/t13-,14-,15-/m1/s1. The van der Waals surface area contributed by atoms with Gasteiger partial charge in [0.2, 0.25) is 0 Å². The summed E-state index contributed by atoms with van der Waals surface area (Å²) in [6.45, 7) is 4.99. The van der Waals surface area contributed by atoms with E-state index in [-0.39, 0.29) is 0 Å². The Hall–Kier alpha value is -0.940. The second-order valence-corrected chi connectivity index (χ2v) is 6.92. The molecule has 5 nitrogen and oxygen atoms in total. The van der Waals surface area contributed by atoms with Crippen molar-refractivity contribution < 1.29 is 4.74 Å². The SMILES string of the molecule is CC[C@@H]1CCCC[C@@H]1CN[C@@H]1CCc2nc(COC)nn2C1. The molecule has 0 saturated heterocycles. The topological polar surface area (TPSA) is 52.0 Å². The van der Waals surface area contributed by atoms with Crippen LogP contribution in [0.3, 0.4) is 0 Å². The van der Waals surface area contributed by atoms with Crippen LogP contribution in [0.4, 0.5) is 0 Å². The molecule has 1 fully saturated rings. The van der Waals surface area contributed by atoms with E-state index in [0.29, 0.717) is 12.6 Å². The highest BCUT2D eigenvalue weighted by atomic mass is 16.5. The van der Waals surface area contributed by atoms with Gasteiger partial charge < -0.3 is 10.1 Å². The minimum Gasteiger partial charge on any atom is -0.377 e. The van der Waals surface area contributed by atoms with Gasteiger partial charge in [0.25, 0.3) is 0 Å². The monoisotopic (exact) mass is 306 g/mol. The zero-order chi connectivity index (χ0) is 15.4. The molecule has 124 valence electrons. The van der Waals surface area contributed by atoms with Gasteiger partial charge in [-0.15, -0.1) is 0 Å². The Morgan fingerprint density at radius 1 is 1.23 bits per heavy atom. The summed E-state index contributed by atoms with van der Waals surface area (Å²) in [7, 11) is 1.69. The van der Waals surface area contributed by atoms with Crippen LogP contribution in [-0.4, -0.2) is 34.5 Å². The van der Waals surface area contributed by atoms with E-state index in [9.17, 15) is 0 Å². The van der Waals surface area contributed by atoms with Crippen molar-refractivity contribution in [3.8, 4) is 0 Å². The van der Waals surface area contributed by atoms with Crippen LogP contribution in [0.5, 0.6) is 0 Å². The van der Waals surface area contributed by atoms with E-state index in [1.807, 2.05) is 0 Å². The summed E-state index contributed by atoms with van der Waals surface area (Å²) in [6, 6.07) is 0.545. The summed E-state index contributed by atoms with van der Waals surface area (Å²) in [5, 5.41) is 8.38. The molecule has 2 aliphatic rings. The molecule has 0 amide bonds. The molecule has 3 atom stereocenters. The van der Waals surface area contributed by atoms with E-state index in [1.54, 1.807) is 7.11 Å². The summed E-state index contributed by atoms with van der Waals surface area (Å²) in [5.41, 5.74) is 0. The molecule has 0 aromatic carbocycles. The second kappa shape index (κ2) is 7.55. The lowest BCUT2D eigenvalue weighted by atomic mass is 9.77. The molecular formula is C17H30N4O. The number of hydrogen-bond acceptors (Lipinski definition) is 4. The zero-order valence-corrected chi connectivity index (χ0v) is 14.1. The van der Waals surface area contributed by atoms with E-state index in [0.717, 1.165) is 36.5 Å². The van der Waals surface area contributed by atoms with Gasteiger partial charge in [0.15, 0.2) is 5.82 Å². The van der Waals surface area contributed by atoms with Crippen LogP contribution in [-0.2, 0) is 24.3 Å². The number of rotatable bonds is 6. The van der Waals surface area contributed by atoms with Crippen LogP contribution in [0.15, 0.2) is 0 Å². The van der Waals surface area contributed by atoms with Gasteiger partial charge in [-0.1, -0.05) is 32.6 Å². The number of methoxy groups -OCH3 is 1. The van der Waals surface area contributed by atoms with E-state index in [4.69, 9.17) is 4.74 Å². The molecule has 22 heavy (non-hydrogen) atoms. The summed E-state index contributed by atoms with van der Waals surface area (Å²) in [5.74, 6) is 3.74. The minimum absolute atomic E-state index is 0.512. The van der Waals surface area contributed by atoms with Crippen LogP contribution < -0.4 is 5.32 Å². The van der Waals surface area contributed by atoms with Crippen molar-refractivity contribution in [2.24, 2.45) is 11.8 Å². The van der Waals surface area contributed by atoms with Gasteiger partial charge in [-0.25, -0.2) is 9.67 Å². The average molecular weight is 306 g/mol. The molecule has 1 aromatic rings. The molecule has 0 spiro atoms. The number of fused-ring (bicyclic) bond motifs is 1. The molecule has 1 aliphatic heterocycles. The maximum atomic E-state index is 5.13. The van der Waals surface area contributed by atoms with Crippen molar-refractivity contribution in [2.75, 3.05) is 13.7 Å². The van der Waals surface area contributed by atoms with Gasteiger partial charge in [-0.2, -0.15) is 5.10 Å². The smallest absolute Gasteiger partial charge is 0.176 e. The van der Waals surface area contributed by atoms with E-state index < -0.39 is 0 Å². The fourth-order valence-corrected chi connectivity index (χ4v) is 4.13. The molecule has 1 aromatic heterocycles. The van der Waals surface area contributed by atoms with Crippen LogP contribution in [0.25, 0.3) is 0 Å². The zero-order valence-electron chi connectivity index (χ0n) is 14.1. The Labute approximate surface area is 133 Å². The van der Waals surface area contributed by atoms with Crippen LogP contribution in [0, 0.1) is 11.8 Å². The summed E-state index contributed by atoms with van der Waals surface area (Å²) in [4.78, 5) is 4.55. The molecular weight excluding hydrogens is 276 g/mol. The maximum Gasteiger partial charge on any atom is 0.176 e. The lowest BCUT2D eigenvalue weighted by Gasteiger charge is -2.33. The second-order valence-electron chi connectivity index (χ2n) is 6.92. The van der Waals surface area contributed by atoms with Crippen molar-refractivity contribution in [2.45, 2.75) is 71.1 Å².